The summed E-state index contributed by atoms with van der Waals surface area (Å²) in [4.78, 5) is 12.0. The van der Waals surface area contributed by atoms with Gasteiger partial charge in [0.25, 0.3) is 5.91 Å². The summed E-state index contributed by atoms with van der Waals surface area (Å²) < 4.78 is 13.0. The van der Waals surface area contributed by atoms with E-state index in [4.69, 9.17) is 0 Å². The SMILES string of the molecule is Cc1cc(F)ccc1C(=O)NC(C)c1cn[nH]c1. The highest BCUT2D eigenvalue weighted by atomic mass is 19.1. The molecule has 18 heavy (non-hydrogen) atoms. The van der Waals surface area contributed by atoms with Gasteiger partial charge in [0.05, 0.1) is 12.2 Å². The molecule has 0 aliphatic rings. The maximum absolute atomic E-state index is 13.0. The molecule has 2 N–H and O–H groups in total. The molecule has 0 saturated heterocycles. The quantitative estimate of drug-likeness (QED) is 0.874. The van der Waals surface area contributed by atoms with Crippen molar-refractivity contribution in [3.05, 3.63) is 53.1 Å². The number of amides is 1. The zero-order valence-corrected chi connectivity index (χ0v) is 10.2. The fraction of sp³-hybridized carbons (Fsp3) is 0.231. The molecular weight excluding hydrogens is 233 g/mol. The number of aromatic amines is 1. The lowest BCUT2D eigenvalue weighted by molar-refractivity contribution is 0.0939. The summed E-state index contributed by atoms with van der Waals surface area (Å²) in [5.41, 5.74) is 1.99. The summed E-state index contributed by atoms with van der Waals surface area (Å²) in [6, 6.07) is 3.96. The minimum absolute atomic E-state index is 0.152. The average molecular weight is 247 g/mol. The summed E-state index contributed by atoms with van der Waals surface area (Å²) >= 11 is 0. The van der Waals surface area contributed by atoms with Gasteiger partial charge in [0.2, 0.25) is 0 Å². The number of hydrogen-bond donors (Lipinski definition) is 2. The van der Waals surface area contributed by atoms with Crippen LogP contribution in [0, 0.1) is 12.7 Å². The van der Waals surface area contributed by atoms with E-state index in [-0.39, 0.29) is 17.8 Å². The van der Waals surface area contributed by atoms with Crippen LogP contribution in [0.5, 0.6) is 0 Å². The smallest absolute Gasteiger partial charge is 0.252 e. The fourth-order valence-electron chi connectivity index (χ4n) is 1.74. The van der Waals surface area contributed by atoms with E-state index < -0.39 is 0 Å². The monoisotopic (exact) mass is 247 g/mol. The van der Waals surface area contributed by atoms with Gasteiger partial charge < -0.3 is 5.32 Å². The third-order valence-electron chi connectivity index (χ3n) is 2.80. The maximum Gasteiger partial charge on any atom is 0.252 e. The zero-order valence-electron chi connectivity index (χ0n) is 10.2. The van der Waals surface area contributed by atoms with Crippen LogP contribution in [0.2, 0.25) is 0 Å². The van der Waals surface area contributed by atoms with Gasteiger partial charge in [-0.05, 0) is 37.6 Å². The van der Waals surface area contributed by atoms with Crippen LogP contribution in [0.15, 0.2) is 30.6 Å². The molecule has 5 heteroatoms. The minimum atomic E-state index is -0.341. The second-order valence-electron chi connectivity index (χ2n) is 4.19. The van der Waals surface area contributed by atoms with Crippen molar-refractivity contribution in [2.24, 2.45) is 0 Å². The molecule has 1 atom stereocenters. The number of carbonyl (C=O) groups is 1. The van der Waals surface area contributed by atoms with E-state index in [1.807, 2.05) is 6.92 Å². The van der Waals surface area contributed by atoms with Crippen molar-refractivity contribution in [1.29, 1.82) is 0 Å². The molecule has 0 saturated carbocycles. The Hall–Kier alpha value is -2.17. The number of benzene rings is 1. The molecule has 2 rings (SSSR count). The van der Waals surface area contributed by atoms with Crippen molar-refractivity contribution < 1.29 is 9.18 Å². The van der Waals surface area contributed by atoms with Gasteiger partial charge in [-0.1, -0.05) is 0 Å². The van der Waals surface area contributed by atoms with Crippen LogP contribution in [0.4, 0.5) is 4.39 Å². The Morgan fingerprint density at radius 2 is 2.28 bits per heavy atom. The van der Waals surface area contributed by atoms with Gasteiger partial charge in [-0.2, -0.15) is 5.10 Å². The second kappa shape index (κ2) is 5.00. The van der Waals surface area contributed by atoms with E-state index in [1.165, 1.54) is 18.2 Å². The van der Waals surface area contributed by atoms with Crippen molar-refractivity contribution in [3.63, 3.8) is 0 Å². The van der Waals surface area contributed by atoms with E-state index in [9.17, 15) is 9.18 Å². The molecule has 0 aliphatic heterocycles. The topological polar surface area (TPSA) is 57.8 Å². The van der Waals surface area contributed by atoms with Gasteiger partial charge >= 0.3 is 0 Å². The first-order chi connectivity index (χ1) is 8.58. The molecular formula is C13H14FN3O. The number of nitrogens with zero attached hydrogens (tertiary/aromatic N) is 1. The molecule has 0 bridgehead atoms. The van der Waals surface area contributed by atoms with E-state index in [0.717, 1.165) is 5.56 Å². The van der Waals surface area contributed by atoms with Crippen molar-refractivity contribution >= 4 is 5.91 Å². The lowest BCUT2D eigenvalue weighted by Gasteiger charge is -2.13. The third-order valence-corrected chi connectivity index (χ3v) is 2.80. The number of H-pyrrole nitrogens is 1. The van der Waals surface area contributed by atoms with Crippen LogP contribution >= 0.6 is 0 Å². The second-order valence-corrected chi connectivity index (χ2v) is 4.19. The Morgan fingerprint density at radius 3 is 2.89 bits per heavy atom. The molecule has 4 nitrogen and oxygen atoms in total. The summed E-state index contributed by atoms with van der Waals surface area (Å²) in [6.45, 7) is 3.57. The first-order valence-corrected chi connectivity index (χ1v) is 5.63. The molecule has 0 radical (unpaired) electrons. The third kappa shape index (κ3) is 2.56. The molecule has 1 aromatic heterocycles. The van der Waals surface area contributed by atoms with Crippen LogP contribution in [0.3, 0.4) is 0 Å². The minimum Gasteiger partial charge on any atom is -0.345 e. The van der Waals surface area contributed by atoms with E-state index >= 15 is 0 Å². The largest absolute Gasteiger partial charge is 0.345 e. The number of hydrogen-bond acceptors (Lipinski definition) is 2. The Bertz CT molecular complexity index is 551. The normalized spacial score (nSPS) is 12.2. The Kier molecular flexibility index (Phi) is 3.41. The van der Waals surface area contributed by atoms with Crippen molar-refractivity contribution in [3.8, 4) is 0 Å². The predicted octanol–water partition coefficient (Wildman–Crippen LogP) is 2.35. The number of aromatic nitrogens is 2. The number of aryl methyl sites for hydroxylation is 1. The van der Waals surface area contributed by atoms with Crippen LogP contribution in [-0.4, -0.2) is 16.1 Å². The van der Waals surface area contributed by atoms with Gasteiger partial charge in [0.1, 0.15) is 5.82 Å². The first kappa shape index (κ1) is 12.3. The fourth-order valence-corrected chi connectivity index (χ4v) is 1.74. The highest BCUT2D eigenvalue weighted by Gasteiger charge is 2.14. The number of rotatable bonds is 3. The number of halogens is 1. The average Bonchev–Trinajstić information content (AvgIpc) is 2.81. The lowest BCUT2D eigenvalue weighted by atomic mass is 10.1. The maximum atomic E-state index is 13.0. The summed E-state index contributed by atoms with van der Waals surface area (Å²) in [6.07, 6.45) is 3.38. The Balaban J connectivity index is 2.12. The van der Waals surface area contributed by atoms with Crippen LogP contribution < -0.4 is 5.32 Å². The molecule has 2 aromatic rings. The first-order valence-electron chi connectivity index (χ1n) is 5.63. The number of nitrogens with one attached hydrogen (secondary N) is 2. The van der Waals surface area contributed by atoms with Gasteiger partial charge in [0, 0.05) is 17.3 Å². The Labute approximate surface area is 104 Å². The predicted molar refractivity (Wildman–Crippen MR) is 65.6 cm³/mol. The molecule has 0 fully saturated rings. The van der Waals surface area contributed by atoms with E-state index in [2.05, 4.69) is 15.5 Å². The van der Waals surface area contributed by atoms with Gasteiger partial charge in [-0.25, -0.2) is 4.39 Å². The van der Waals surface area contributed by atoms with Crippen molar-refractivity contribution in [2.75, 3.05) is 0 Å². The number of carbonyl (C=O) groups excluding carboxylic acids is 1. The molecule has 94 valence electrons. The highest BCUT2D eigenvalue weighted by Crippen LogP contribution is 2.14. The highest BCUT2D eigenvalue weighted by molar-refractivity contribution is 5.95. The van der Waals surface area contributed by atoms with E-state index in [1.54, 1.807) is 19.3 Å². The zero-order chi connectivity index (χ0) is 13.1. The standard InChI is InChI=1S/C13H14FN3O/c1-8-5-11(14)3-4-12(8)13(18)17-9(2)10-6-15-16-7-10/h3-7,9H,1-2H3,(H,15,16)(H,17,18). The molecule has 0 aliphatic carbocycles. The molecule has 1 amide bonds. The summed E-state index contributed by atoms with van der Waals surface area (Å²) in [5.74, 6) is -0.562. The summed E-state index contributed by atoms with van der Waals surface area (Å²) in [7, 11) is 0. The lowest BCUT2D eigenvalue weighted by Crippen LogP contribution is -2.27. The Morgan fingerprint density at radius 1 is 1.50 bits per heavy atom. The molecule has 1 unspecified atom stereocenters. The van der Waals surface area contributed by atoms with Crippen LogP contribution in [0.1, 0.15) is 34.5 Å². The molecule has 1 aromatic carbocycles. The van der Waals surface area contributed by atoms with E-state index in [0.29, 0.717) is 11.1 Å². The van der Waals surface area contributed by atoms with Crippen LogP contribution in [0.25, 0.3) is 0 Å². The van der Waals surface area contributed by atoms with Crippen molar-refractivity contribution in [1.82, 2.24) is 15.5 Å². The van der Waals surface area contributed by atoms with Crippen LogP contribution in [-0.2, 0) is 0 Å². The van der Waals surface area contributed by atoms with Gasteiger partial charge in [0.15, 0.2) is 0 Å². The summed E-state index contributed by atoms with van der Waals surface area (Å²) in [5, 5.41) is 9.36. The van der Waals surface area contributed by atoms with Gasteiger partial charge in [-0.3, -0.25) is 9.89 Å². The van der Waals surface area contributed by atoms with Gasteiger partial charge in [-0.15, -0.1) is 0 Å². The molecule has 1 heterocycles. The van der Waals surface area contributed by atoms with Crippen molar-refractivity contribution in [2.45, 2.75) is 19.9 Å². The molecule has 0 spiro atoms.